The van der Waals surface area contributed by atoms with Crippen LogP contribution >= 0.6 is 0 Å². The summed E-state index contributed by atoms with van der Waals surface area (Å²) in [5, 5.41) is 14.0. The van der Waals surface area contributed by atoms with E-state index >= 15 is 0 Å². The molecule has 2 aliphatic rings. The predicted octanol–water partition coefficient (Wildman–Crippen LogP) is 1.18. The van der Waals surface area contributed by atoms with E-state index in [1.807, 2.05) is 36.4 Å². The van der Waals surface area contributed by atoms with Crippen LogP contribution in [0, 0.1) is 0 Å². The molecule has 0 bridgehead atoms. The molecule has 0 spiro atoms. The van der Waals surface area contributed by atoms with Gasteiger partial charge in [-0.2, -0.15) is 0 Å². The summed E-state index contributed by atoms with van der Waals surface area (Å²) in [6.07, 6.45) is 4.42. The molecule has 1 aliphatic carbocycles. The highest BCUT2D eigenvalue weighted by atomic mass is 16.5. The molecule has 1 saturated heterocycles. The van der Waals surface area contributed by atoms with Crippen molar-refractivity contribution in [3.05, 3.63) is 48.0 Å². The van der Waals surface area contributed by atoms with E-state index in [0.717, 1.165) is 12.0 Å². The first-order chi connectivity index (χ1) is 12.1. The van der Waals surface area contributed by atoms with Gasteiger partial charge in [-0.25, -0.2) is 4.79 Å². The summed E-state index contributed by atoms with van der Waals surface area (Å²) in [5.74, 6) is -0.618. The molecular formula is C19H25NO5. The van der Waals surface area contributed by atoms with Crippen LogP contribution in [-0.4, -0.2) is 55.2 Å². The zero-order valence-electron chi connectivity index (χ0n) is 14.4. The summed E-state index contributed by atoms with van der Waals surface area (Å²) in [7, 11) is 1.66. The Morgan fingerprint density at radius 2 is 2.20 bits per heavy atom. The Kier molecular flexibility index (Phi) is 5.86. The number of esters is 1. The van der Waals surface area contributed by atoms with Crippen LogP contribution in [0.4, 0.5) is 0 Å². The molecule has 1 aromatic carbocycles. The molecule has 6 nitrogen and oxygen atoms in total. The van der Waals surface area contributed by atoms with Gasteiger partial charge in [0, 0.05) is 32.2 Å². The maximum absolute atomic E-state index is 12.3. The summed E-state index contributed by atoms with van der Waals surface area (Å²) < 4.78 is 16.1. The lowest BCUT2D eigenvalue weighted by Crippen LogP contribution is -2.51. The SMILES string of the molecule is CO[C@@H]1COCC[C@@H]1N[C@@H]1C=C[C@](O)(C(=O)OCc2ccccc2)C1. The van der Waals surface area contributed by atoms with Gasteiger partial charge in [0.25, 0.3) is 0 Å². The highest BCUT2D eigenvalue weighted by Crippen LogP contribution is 2.26. The van der Waals surface area contributed by atoms with Crippen molar-refractivity contribution in [3.63, 3.8) is 0 Å². The number of methoxy groups -OCH3 is 1. The Balaban J connectivity index is 1.52. The van der Waals surface area contributed by atoms with Crippen LogP contribution in [0.25, 0.3) is 0 Å². The van der Waals surface area contributed by atoms with E-state index < -0.39 is 11.6 Å². The number of hydrogen-bond acceptors (Lipinski definition) is 6. The summed E-state index contributed by atoms with van der Waals surface area (Å²) >= 11 is 0. The molecule has 0 unspecified atom stereocenters. The molecule has 0 radical (unpaired) electrons. The Hall–Kier alpha value is -1.73. The third-order valence-corrected chi connectivity index (χ3v) is 4.74. The van der Waals surface area contributed by atoms with Crippen molar-refractivity contribution in [2.75, 3.05) is 20.3 Å². The zero-order chi connectivity index (χ0) is 17.7. The smallest absolute Gasteiger partial charge is 0.342 e. The largest absolute Gasteiger partial charge is 0.458 e. The van der Waals surface area contributed by atoms with Crippen molar-refractivity contribution in [1.29, 1.82) is 0 Å². The molecule has 0 amide bonds. The number of benzene rings is 1. The van der Waals surface area contributed by atoms with Gasteiger partial charge in [-0.05, 0) is 18.1 Å². The summed E-state index contributed by atoms with van der Waals surface area (Å²) in [6, 6.07) is 9.45. The minimum Gasteiger partial charge on any atom is -0.458 e. The van der Waals surface area contributed by atoms with Gasteiger partial charge in [-0.3, -0.25) is 0 Å². The number of ether oxygens (including phenoxy) is 3. The van der Waals surface area contributed by atoms with Crippen molar-refractivity contribution in [2.24, 2.45) is 0 Å². The molecule has 2 N–H and O–H groups in total. The molecule has 1 heterocycles. The maximum atomic E-state index is 12.3. The van der Waals surface area contributed by atoms with E-state index in [-0.39, 0.29) is 31.2 Å². The van der Waals surface area contributed by atoms with Gasteiger partial charge in [0.05, 0.1) is 12.7 Å². The highest BCUT2D eigenvalue weighted by molar-refractivity contribution is 5.82. The quantitative estimate of drug-likeness (QED) is 0.594. The molecule has 4 atom stereocenters. The molecule has 25 heavy (non-hydrogen) atoms. The van der Waals surface area contributed by atoms with Gasteiger partial charge >= 0.3 is 5.97 Å². The summed E-state index contributed by atoms with van der Waals surface area (Å²) in [5.41, 5.74) is -0.693. The third-order valence-electron chi connectivity index (χ3n) is 4.74. The first kappa shape index (κ1) is 18.1. The van der Waals surface area contributed by atoms with Crippen LogP contribution in [0.15, 0.2) is 42.5 Å². The number of nitrogens with one attached hydrogen (secondary N) is 1. The standard InChI is InChI=1S/C19H25NO5/c1-23-17-13-24-10-8-16(17)20-15-7-9-19(22,11-15)18(21)25-12-14-5-3-2-4-6-14/h2-7,9,15-17,20,22H,8,10-13H2,1H3/t15-,16+,17-,19-/m1/s1. The minimum absolute atomic E-state index is 0.0270. The van der Waals surface area contributed by atoms with Gasteiger partial charge in [0.15, 0.2) is 5.60 Å². The number of carbonyl (C=O) groups is 1. The Morgan fingerprint density at radius 1 is 1.40 bits per heavy atom. The van der Waals surface area contributed by atoms with Crippen LogP contribution < -0.4 is 5.32 Å². The Bertz CT molecular complexity index is 605. The van der Waals surface area contributed by atoms with E-state index in [9.17, 15) is 9.90 Å². The normalized spacial score (nSPS) is 31.8. The molecule has 1 fully saturated rings. The highest BCUT2D eigenvalue weighted by Gasteiger charge is 2.42. The first-order valence-corrected chi connectivity index (χ1v) is 8.60. The average Bonchev–Trinajstić information content (AvgIpc) is 3.03. The van der Waals surface area contributed by atoms with Crippen molar-refractivity contribution in [1.82, 2.24) is 5.32 Å². The second-order valence-corrected chi connectivity index (χ2v) is 6.57. The average molecular weight is 347 g/mol. The van der Waals surface area contributed by atoms with Crippen molar-refractivity contribution in [2.45, 2.75) is 43.2 Å². The third kappa shape index (κ3) is 4.46. The van der Waals surface area contributed by atoms with E-state index in [0.29, 0.717) is 13.2 Å². The first-order valence-electron chi connectivity index (χ1n) is 8.60. The molecule has 0 aromatic heterocycles. The van der Waals surface area contributed by atoms with Crippen molar-refractivity contribution >= 4 is 5.97 Å². The summed E-state index contributed by atoms with van der Waals surface area (Å²) in [6.45, 7) is 1.38. The molecule has 3 rings (SSSR count). The van der Waals surface area contributed by atoms with Crippen LogP contribution in [0.1, 0.15) is 18.4 Å². The monoisotopic (exact) mass is 347 g/mol. The fourth-order valence-electron chi connectivity index (χ4n) is 3.27. The Morgan fingerprint density at radius 3 is 2.96 bits per heavy atom. The Labute approximate surface area is 147 Å². The molecular weight excluding hydrogens is 322 g/mol. The zero-order valence-corrected chi connectivity index (χ0v) is 14.4. The van der Waals surface area contributed by atoms with Crippen LogP contribution in [0.5, 0.6) is 0 Å². The number of carbonyl (C=O) groups excluding carboxylic acids is 1. The molecule has 136 valence electrons. The van der Waals surface area contributed by atoms with E-state index in [4.69, 9.17) is 14.2 Å². The topological polar surface area (TPSA) is 77.0 Å². The maximum Gasteiger partial charge on any atom is 0.342 e. The molecule has 0 saturated carbocycles. The van der Waals surface area contributed by atoms with Crippen LogP contribution in [-0.2, 0) is 25.6 Å². The lowest BCUT2D eigenvalue weighted by atomic mass is 10.0. The minimum atomic E-state index is -1.58. The van der Waals surface area contributed by atoms with Crippen LogP contribution in [0.2, 0.25) is 0 Å². The second kappa shape index (κ2) is 8.10. The van der Waals surface area contributed by atoms with E-state index in [1.165, 1.54) is 6.08 Å². The fraction of sp³-hybridized carbons (Fsp3) is 0.526. The molecule has 1 aromatic rings. The van der Waals surface area contributed by atoms with E-state index in [2.05, 4.69) is 5.32 Å². The fourth-order valence-corrected chi connectivity index (χ4v) is 3.27. The summed E-state index contributed by atoms with van der Waals surface area (Å²) in [4.78, 5) is 12.3. The van der Waals surface area contributed by atoms with Gasteiger partial charge < -0.3 is 24.6 Å². The number of hydrogen-bond donors (Lipinski definition) is 2. The molecule has 6 heteroatoms. The van der Waals surface area contributed by atoms with Gasteiger partial charge in [-0.15, -0.1) is 0 Å². The van der Waals surface area contributed by atoms with Crippen molar-refractivity contribution in [3.8, 4) is 0 Å². The predicted molar refractivity (Wildman–Crippen MR) is 91.9 cm³/mol. The van der Waals surface area contributed by atoms with Crippen molar-refractivity contribution < 1.29 is 24.1 Å². The van der Waals surface area contributed by atoms with Crippen LogP contribution in [0.3, 0.4) is 0 Å². The van der Waals surface area contributed by atoms with E-state index in [1.54, 1.807) is 7.11 Å². The van der Waals surface area contributed by atoms with Gasteiger partial charge in [0.2, 0.25) is 0 Å². The lowest BCUT2D eigenvalue weighted by molar-refractivity contribution is -0.162. The number of aliphatic hydroxyl groups is 1. The van der Waals surface area contributed by atoms with Gasteiger partial charge in [-0.1, -0.05) is 36.4 Å². The molecule has 1 aliphatic heterocycles. The van der Waals surface area contributed by atoms with Gasteiger partial charge in [0.1, 0.15) is 6.61 Å². The number of rotatable bonds is 6. The second-order valence-electron chi connectivity index (χ2n) is 6.57. The lowest BCUT2D eigenvalue weighted by Gasteiger charge is -2.33.